The van der Waals surface area contributed by atoms with Gasteiger partial charge in [-0.3, -0.25) is 0 Å². The van der Waals surface area contributed by atoms with E-state index in [0.717, 1.165) is 12.5 Å². The van der Waals surface area contributed by atoms with E-state index < -0.39 is 0 Å². The van der Waals surface area contributed by atoms with Crippen molar-refractivity contribution < 1.29 is 0 Å². The number of hydrogen-bond donors (Lipinski definition) is 1. The molecule has 2 aliphatic heterocycles. The van der Waals surface area contributed by atoms with Gasteiger partial charge in [0.1, 0.15) is 0 Å². The Kier molecular flexibility index (Phi) is 3.99. The fraction of sp³-hybridized carbons (Fsp3) is 0.600. The molecular formula is C15H22N2S. The predicted molar refractivity (Wildman–Crippen MR) is 81.8 cm³/mol. The van der Waals surface area contributed by atoms with Crippen molar-refractivity contribution in [2.45, 2.75) is 19.3 Å². The minimum atomic E-state index is 0.869. The summed E-state index contributed by atoms with van der Waals surface area (Å²) < 4.78 is 0. The van der Waals surface area contributed by atoms with Crippen LogP contribution in [0.4, 0.5) is 11.4 Å². The summed E-state index contributed by atoms with van der Waals surface area (Å²) >= 11 is 2.09. The number of nitrogens with one attached hydrogen (secondary N) is 1. The van der Waals surface area contributed by atoms with Crippen LogP contribution in [0.15, 0.2) is 24.3 Å². The molecule has 0 aromatic heterocycles. The fourth-order valence-corrected chi connectivity index (χ4v) is 4.06. The molecule has 0 saturated carbocycles. The molecule has 3 rings (SSSR count). The minimum Gasteiger partial charge on any atom is -0.385 e. The first-order valence-electron chi connectivity index (χ1n) is 7.08. The highest BCUT2D eigenvalue weighted by atomic mass is 32.2. The monoisotopic (exact) mass is 262 g/mol. The third-order valence-corrected chi connectivity index (χ3v) is 5.19. The molecule has 2 heterocycles. The molecule has 0 amide bonds. The van der Waals surface area contributed by atoms with E-state index >= 15 is 0 Å². The van der Waals surface area contributed by atoms with E-state index in [4.69, 9.17) is 0 Å². The van der Waals surface area contributed by atoms with E-state index in [0.29, 0.717) is 0 Å². The van der Waals surface area contributed by atoms with Crippen LogP contribution in [0.5, 0.6) is 0 Å². The smallest absolute Gasteiger partial charge is 0.0367 e. The van der Waals surface area contributed by atoms with Crippen LogP contribution in [0, 0.1) is 5.92 Å². The first kappa shape index (κ1) is 12.2. The zero-order chi connectivity index (χ0) is 12.2. The number of benzene rings is 1. The standard InChI is InChI=1S/C15H22N2S/c1-2-9-17(8-1)15-5-3-14(4-6-15)16-11-13-7-10-18-12-13/h3-6,13,16H,1-2,7-12H2. The van der Waals surface area contributed by atoms with Crippen LogP contribution in [-0.4, -0.2) is 31.1 Å². The van der Waals surface area contributed by atoms with Crippen molar-refractivity contribution in [2.24, 2.45) is 5.92 Å². The van der Waals surface area contributed by atoms with Crippen LogP contribution in [0.2, 0.25) is 0 Å². The normalized spacial score (nSPS) is 23.6. The molecule has 1 aromatic rings. The van der Waals surface area contributed by atoms with Gasteiger partial charge in [0.15, 0.2) is 0 Å². The summed E-state index contributed by atoms with van der Waals surface area (Å²) in [5.41, 5.74) is 2.66. The second-order valence-electron chi connectivity index (χ2n) is 5.35. The van der Waals surface area contributed by atoms with Gasteiger partial charge in [0.25, 0.3) is 0 Å². The maximum absolute atomic E-state index is 3.57. The molecule has 2 fully saturated rings. The Morgan fingerprint density at radius 1 is 1.17 bits per heavy atom. The predicted octanol–water partition coefficient (Wildman–Crippen LogP) is 3.45. The Labute approximate surface area is 114 Å². The van der Waals surface area contributed by atoms with Crippen molar-refractivity contribution in [1.29, 1.82) is 0 Å². The second kappa shape index (κ2) is 5.87. The fourth-order valence-electron chi connectivity index (χ4n) is 2.77. The highest BCUT2D eigenvalue weighted by Crippen LogP contribution is 2.25. The zero-order valence-corrected chi connectivity index (χ0v) is 11.7. The summed E-state index contributed by atoms with van der Waals surface area (Å²) in [5.74, 6) is 3.55. The molecule has 98 valence electrons. The Bertz CT molecular complexity index is 365. The topological polar surface area (TPSA) is 15.3 Å². The summed E-state index contributed by atoms with van der Waals surface area (Å²) in [5, 5.41) is 3.57. The highest BCUT2D eigenvalue weighted by molar-refractivity contribution is 7.99. The second-order valence-corrected chi connectivity index (χ2v) is 6.50. The highest BCUT2D eigenvalue weighted by Gasteiger charge is 2.15. The third kappa shape index (κ3) is 2.94. The summed E-state index contributed by atoms with van der Waals surface area (Å²) in [4.78, 5) is 2.48. The Balaban J connectivity index is 1.53. The first-order valence-corrected chi connectivity index (χ1v) is 8.24. The lowest BCUT2D eigenvalue weighted by Crippen LogP contribution is -2.17. The Hall–Kier alpha value is -0.830. The van der Waals surface area contributed by atoms with Gasteiger partial charge in [0.05, 0.1) is 0 Å². The molecule has 0 aliphatic carbocycles. The summed E-state index contributed by atoms with van der Waals surface area (Å²) in [6.07, 6.45) is 4.07. The van der Waals surface area contributed by atoms with Gasteiger partial charge >= 0.3 is 0 Å². The Morgan fingerprint density at radius 3 is 2.61 bits per heavy atom. The van der Waals surface area contributed by atoms with E-state index in [9.17, 15) is 0 Å². The molecule has 0 bridgehead atoms. The van der Waals surface area contributed by atoms with E-state index in [2.05, 4.69) is 46.2 Å². The van der Waals surface area contributed by atoms with Crippen LogP contribution in [0.3, 0.4) is 0 Å². The molecule has 1 N–H and O–H groups in total. The van der Waals surface area contributed by atoms with Crippen molar-refractivity contribution >= 4 is 23.1 Å². The number of thioether (sulfide) groups is 1. The average molecular weight is 262 g/mol. The van der Waals surface area contributed by atoms with E-state index in [1.165, 1.54) is 55.2 Å². The van der Waals surface area contributed by atoms with E-state index in [1.54, 1.807) is 0 Å². The van der Waals surface area contributed by atoms with Crippen LogP contribution < -0.4 is 10.2 Å². The summed E-state index contributed by atoms with van der Waals surface area (Å²) in [6.45, 7) is 3.59. The van der Waals surface area contributed by atoms with E-state index in [1.807, 2.05) is 0 Å². The minimum absolute atomic E-state index is 0.869. The Morgan fingerprint density at radius 2 is 1.94 bits per heavy atom. The molecular weight excluding hydrogens is 240 g/mol. The van der Waals surface area contributed by atoms with Gasteiger partial charge < -0.3 is 10.2 Å². The van der Waals surface area contributed by atoms with Crippen molar-refractivity contribution in [3.63, 3.8) is 0 Å². The molecule has 0 radical (unpaired) electrons. The van der Waals surface area contributed by atoms with Gasteiger partial charge in [0, 0.05) is 31.0 Å². The summed E-state index contributed by atoms with van der Waals surface area (Å²) in [7, 11) is 0. The molecule has 1 atom stereocenters. The molecule has 1 unspecified atom stereocenters. The van der Waals surface area contributed by atoms with Crippen molar-refractivity contribution in [1.82, 2.24) is 0 Å². The van der Waals surface area contributed by atoms with Crippen LogP contribution in [-0.2, 0) is 0 Å². The zero-order valence-electron chi connectivity index (χ0n) is 10.9. The number of nitrogens with zero attached hydrogens (tertiary/aromatic N) is 1. The third-order valence-electron chi connectivity index (χ3n) is 3.96. The molecule has 2 aliphatic rings. The van der Waals surface area contributed by atoms with Gasteiger partial charge in [-0.05, 0) is 61.0 Å². The van der Waals surface area contributed by atoms with Crippen molar-refractivity contribution in [3.8, 4) is 0 Å². The van der Waals surface area contributed by atoms with Crippen LogP contribution in [0.1, 0.15) is 19.3 Å². The molecule has 2 saturated heterocycles. The van der Waals surface area contributed by atoms with Crippen molar-refractivity contribution in [2.75, 3.05) is 41.4 Å². The number of hydrogen-bond acceptors (Lipinski definition) is 3. The maximum Gasteiger partial charge on any atom is 0.0367 e. The largest absolute Gasteiger partial charge is 0.385 e. The van der Waals surface area contributed by atoms with Crippen LogP contribution in [0.25, 0.3) is 0 Å². The number of rotatable bonds is 4. The quantitative estimate of drug-likeness (QED) is 0.894. The lowest BCUT2D eigenvalue weighted by Gasteiger charge is -2.18. The SMILES string of the molecule is c1cc(N2CCCC2)ccc1NCC1CCSC1. The van der Waals surface area contributed by atoms with Gasteiger partial charge in [-0.1, -0.05) is 0 Å². The van der Waals surface area contributed by atoms with E-state index in [-0.39, 0.29) is 0 Å². The van der Waals surface area contributed by atoms with Gasteiger partial charge in [-0.2, -0.15) is 11.8 Å². The van der Waals surface area contributed by atoms with Crippen molar-refractivity contribution in [3.05, 3.63) is 24.3 Å². The van der Waals surface area contributed by atoms with Gasteiger partial charge in [0.2, 0.25) is 0 Å². The first-order chi connectivity index (χ1) is 8.92. The molecule has 1 aromatic carbocycles. The van der Waals surface area contributed by atoms with Gasteiger partial charge in [-0.15, -0.1) is 0 Å². The number of anilines is 2. The van der Waals surface area contributed by atoms with Crippen LogP contribution >= 0.6 is 11.8 Å². The molecule has 0 spiro atoms. The maximum atomic E-state index is 3.57. The van der Waals surface area contributed by atoms with Gasteiger partial charge in [-0.25, -0.2) is 0 Å². The molecule has 18 heavy (non-hydrogen) atoms. The molecule has 3 heteroatoms. The average Bonchev–Trinajstić information content (AvgIpc) is 3.10. The molecule has 2 nitrogen and oxygen atoms in total. The summed E-state index contributed by atoms with van der Waals surface area (Å²) in [6, 6.07) is 8.99. The lowest BCUT2D eigenvalue weighted by atomic mass is 10.1. The lowest BCUT2D eigenvalue weighted by molar-refractivity contribution is 0.632.